The van der Waals surface area contributed by atoms with Crippen molar-refractivity contribution in [2.24, 2.45) is 34.5 Å². The smallest absolute Gasteiger partial charge is 0.208 e. The van der Waals surface area contributed by atoms with Gasteiger partial charge in [0, 0.05) is 16.7 Å². The Morgan fingerprint density at radius 2 is 2.12 bits per heavy atom. The second-order valence-electron chi connectivity index (χ2n) is 11.0. The number of carbonyl (C=O) groups is 2. The summed E-state index contributed by atoms with van der Waals surface area (Å²) >= 11 is 1.24. The number of rotatable bonds is 4. The van der Waals surface area contributed by atoms with Crippen molar-refractivity contribution in [3.8, 4) is 0 Å². The third-order valence-corrected chi connectivity index (χ3v) is 10.3. The van der Waals surface area contributed by atoms with E-state index < -0.39 is 17.1 Å². The number of Topliss-reactive ketones (excluding diaryl/α,β-unsaturated/α-hetero) is 1. The molecule has 0 aromatic carbocycles. The molecule has 3 fully saturated rings. The lowest BCUT2D eigenvalue weighted by Crippen LogP contribution is -2.62. The van der Waals surface area contributed by atoms with Gasteiger partial charge in [-0.1, -0.05) is 44.2 Å². The maximum atomic E-state index is 13.5. The van der Waals surface area contributed by atoms with Crippen molar-refractivity contribution in [2.75, 3.05) is 5.75 Å². The second kappa shape index (κ2) is 7.62. The van der Waals surface area contributed by atoms with Crippen molar-refractivity contribution in [3.63, 3.8) is 0 Å². The van der Waals surface area contributed by atoms with Gasteiger partial charge in [-0.25, -0.2) is 4.98 Å². The summed E-state index contributed by atoms with van der Waals surface area (Å²) in [4.78, 5) is 29.8. The molecule has 1 heterocycles. The molecule has 4 aliphatic carbocycles. The van der Waals surface area contributed by atoms with Crippen LogP contribution in [0.25, 0.3) is 0 Å². The summed E-state index contributed by atoms with van der Waals surface area (Å²) < 4.78 is 0. The summed E-state index contributed by atoms with van der Waals surface area (Å²) in [5.74, 6) is 0.697. The Kier molecular flexibility index (Phi) is 5.31. The number of H-pyrrole nitrogens is 1. The molecule has 0 radical (unpaired) electrons. The Labute approximate surface area is 198 Å². The van der Waals surface area contributed by atoms with E-state index in [0.29, 0.717) is 17.4 Å². The van der Waals surface area contributed by atoms with Crippen LogP contribution in [-0.2, 0) is 9.59 Å². The maximum Gasteiger partial charge on any atom is 0.208 e. The number of aliphatic hydroxyl groups excluding tert-OH is 1. The first kappa shape index (κ1) is 23.0. The molecule has 178 valence electrons. The van der Waals surface area contributed by atoms with Crippen LogP contribution in [0.2, 0.25) is 0 Å². The third-order valence-electron chi connectivity index (χ3n) is 9.41. The molecular formula is C25H33N3O4S. The molecular weight excluding hydrogens is 438 g/mol. The first-order valence-corrected chi connectivity index (χ1v) is 12.9. The van der Waals surface area contributed by atoms with E-state index in [1.54, 1.807) is 19.1 Å². The van der Waals surface area contributed by atoms with Crippen LogP contribution in [0.15, 0.2) is 29.0 Å². The number of aryl methyl sites for hydroxylation is 1. The number of allylic oxidation sites excluding steroid dienone is 4. The minimum atomic E-state index is -1.50. The number of carbonyl (C=O) groups excluding carboxylic acids is 2. The predicted molar refractivity (Wildman–Crippen MR) is 124 cm³/mol. The molecule has 8 atom stereocenters. The summed E-state index contributed by atoms with van der Waals surface area (Å²) in [7, 11) is 0. The van der Waals surface area contributed by atoms with Gasteiger partial charge in [-0.2, -0.15) is 0 Å². The molecule has 5 unspecified atom stereocenters. The van der Waals surface area contributed by atoms with Gasteiger partial charge >= 0.3 is 0 Å². The van der Waals surface area contributed by atoms with Crippen molar-refractivity contribution >= 4 is 23.3 Å². The Morgan fingerprint density at radius 1 is 1.36 bits per heavy atom. The quantitative estimate of drug-likeness (QED) is 0.578. The lowest BCUT2D eigenvalue weighted by Gasteiger charge is -2.59. The van der Waals surface area contributed by atoms with Gasteiger partial charge in [0.2, 0.25) is 5.16 Å². The Balaban J connectivity index is 1.45. The average Bonchev–Trinajstić information content (AvgIpc) is 3.26. The number of aliphatic hydroxyl groups is 2. The normalized spacial score (nSPS) is 44.1. The molecule has 1 aromatic rings. The average molecular weight is 472 g/mol. The van der Waals surface area contributed by atoms with E-state index in [0.717, 1.165) is 24.8 Å². The number of ketones is 2. The maximum absolute atomic E-state index is 13.5. The van der Waals surface area contributed by atoms with Gasteiger partial charge in [0.25, 0.3) is 0 Å². The van der Waals surface area contributed by atoms with Crippen LogP contribution in [0.4, 0.5) is 0 Å². The van der Waals surface area contributed by atoms with Crippen LogP contribution in [0.1, 0.15) is 52.3 Å². The number of nitrogens with one attached hydrogen (secondary N) is 1. The Bertz CT molecular complexity index is 1070. The highest BCUT2D eigenvalue weighted by Crippen LogP contribution is 2.68. The zero-order valence-electron chi connectivity index (χ0n) is 19.7. The first-order valence-electron chi connectivity index (χ1n) is 11.9. The fourth-order valence-corrected chi connectivity index (χ4v) is 8.67. The SMILES string of the molecule is Cc1nc(SCC(=O)[C@@]2(O)[C@H](C)CC3C4CCC5=CC(=O)C=CC5(C)C4[C@@H](O)CC32C)n[nH]1. The number of hydrogen-bond donors (Lipinski definition) is 3. The van der Waals surface area contributed by atoms with Gasteiger partial charge < -0.3 is 10.2 Å². The molecule has 0 aliphatic heterocycles. The van der Waals surface area contributed by atoms with Crippen LogP contribution >= 0.6 is 11.8 Å². The number of hydrogen-bond acceptors (Lipinski definition) is 7. The fourth-order valence-electron chi connectivity index (χ4n) is 7.88. The van der Waals surface area contributed by atoms with E-state index in [1.807, 2.05) is 19.9 Å². The van der Waals surface area contributed by atoms with Crippen molar-refractivity contribution in [3.05, 3.63) is 29.6 Å². The molecule has 4 aliphatic rings. The van der Waals surface area contributed by atoms with Gasteiger partial charge in [0.15, 0.2) is 11.6 Å². The van der Waals surface area contributed by atoms with E-state index in [-0.39, 0.29) is 46.4 Å². The van der Waals surface area contributed by atoms with E-state index in [4.69, 9.17) is 0 Å². The summed E-state index contributed by atoms with van der Waals surface area (Å²) in [6.07, 6.45) is 7.52. The van der Waals surface area contributed by atoms with Crippen molar-refractivity contribution < 1.29 is 19.8 Å². The number of fused-ring (bicyclic) bond motifs is 5. The fraction of sp³-hybridized carbons (Fsp3) is 0.680. The van der Waals surface area contributed by atoms with Crippen LogP contribution < -0.4 is 0 Å². The Morgan fingerprint density at radius 3 is 2.82 bits per heavy atom. The summed E-state index contributed by atoms with van der Waals surface area (Å²) in [5.41, 5.74) is -1.46. The van der Waals surface area contributed by atoms with Gasteiger partial charge in [-0.3, -0.25) is 14.7 Å². The number of nitrogens with zero attached hydrogens (tertiary/aromatic N) is 2. The summed E-state index contributed by atoms with van der Waals surface area (Å²) in [6.45, 7) is 7.92. The number of aromatic amines is 1. The number of thioether (sulfide) groups is 1. The molecule has 33 heavy (non-hydrogen) atoms. The van der Waals surface area contributed by atoms with Crippen molar-refractivity contribution in [2.45, 2.75) is 70.2 Å². The topological polar surface area (TPSA) is 116 Å². The summed E-state index contributed by atoms with van der Waals surface area (Å²) in [6, 6.07) is 0. The van der Waals surface area contributed by atoms with Gasteiger partial charge in [0.1, 0.15) is 11.4 Å². The first-order chi connectivity index (χ1) is 15.5. The molecule has 0 spiro atoms. The molecule has 1 aromatic heterocycles. The van der Waals surface area contributed by atoms with E-state index in [2.05, 4.69) is 22.1 Å². The largest absolute Gasteiger partial charge is 0.393 e. The monoisotopic (exact) mass is 471 g/mol. The molecule has 5 rings (SSSR count). The molecule has 0 amide bonds. The van der Waals surface area contributed by atoms with E-state index >= 15 is 0 Å². The second-order valence-corrected chi connectivity index (χ2v) is 12.0. The van der Waals surface area contributed by atoms with Gasteiger partial charge in [-0.05, 0) is 62.5 Å². The number of aromatic nitrogens is 3. The van der Waals surface area contributed by atoms with Gasteiger partial charge in [-0.15, -0.1) is 5.10 Å². The highest BCUT2D eigenvalue weighted by Gasteiger charge is 2.70. The van der Waals surface area contributed by atoms with Crippen LogP contribution in [0, 0.1) is 41.4 Å². The van der Waals surface area contributed by atoms with Crippen LogP contribution in [-0.4, -0.2) is 54.4 Å². The molecule has 0 bridgehead atoms. The minimum absolute atomic E-state index is 0.0182. The highest BCUT2D eigenvalue weighted by molar-refractivity contribution is 7.99. The molecule has 7 nitrogen and oxygen atoms in total. The predicted octanol–water partition coefficient (Wildman–Crippen LogP) is 3.03. The van der Waals surface area contributed by atoms with E-state index in [9.17, 15) is 19.8 Å². The third kappa shape index (κ3) is 3.17. The zero-order chi connectivity index (χ0) is 23.8. The van der Waals surface area contributed by atoms with Crippen molar-refractivity contribution in [1.82, 2.24) is 15.2 Å². The zero-order valence-corrected chi connectivity index (χ0v) is 20.5. The molecule has 0 saturated heterocycles. The minimum Gasteiger partial charge on any atom is -0.393 e. The highest BCUT2D eigenvalue weighted by atomic mass is 32.2. The Hall–Kier alpha value is -1.77. The molecule has 3 N–H and O–H groups in total. The lowest BCUT2D eigenvalue weighted by atomic mass is 9.46. The van der Waals surface area contributed by atoms with Gasteiger partial charge in [0.05, 0.1) is 11.9 Å². The van der Waals surface area contributed by atoms with Crippen LogP contribution in [0.3, 0.4) is 0 Å². The lowest BCUT2D eigenvalue weighted by molar-refractivity contribution is -0.179. The van der Waals surface area contributed by atoms with E-state index in [1.165, 1.54) is 11.8 Å². The molecule has 8 heteroatoms. The molecule has 3 saturated carbocycles. The van der Waals surface area contributed by atoms with Crippen molar-refractivity contribution in [1.29, 1.82) is 0 Å². The summed E-state index contributed by atoms with van der Waals surface area (Å²) in [5, 5.41) is 30.9. The standard InChI is InChI=1S/C25H33N3O4S/c1-13-9-18-17-6-5-15-10-16(29)7-8-23(15,3)21(17)19(30)11-24(18,4)25(13,32)20(31)12-33-22-26-14(2)27-28-22/h7-8,10,13,17-19,21,30,32H,5-6,9,11-12H2,1-4H3,(H,26,27,28)/t13-,17?,18?,19+,21?,23?,24?,25+/m1/s1. The van der Waals surface area contributed by atoms with Crippen LogP contribution in [0.5, 0.6) is 0 Å².